The molecule has 4 fully saturated rings. The monoisotopic (exact) mass is 536 g/mol. The van der Waals surface area contributed by atoms with Gasteiger partial charge in [0.2, 0.25) is 0 Å². The van der Waals surface area contributed by atoms with Crippen LogP contribution in [0.5, 0.6) is 0 Å². The Balaban J connectivity index is 1.47. The lowest BCUT2D eigenvalue weighted by atomic mass is 9.43. The summed E-state index contributed by atoms with van der Waals surface area (Å²) in [5.74, 6) is -0.507. The summed E-state index contributed by atoms with van der Waals surface area (Å²) in [6.45, 7) is 7.08. The molecule has 0 radical (unpaired) electrons. The van der Waals surface area contributed by atoms with E-state index >= 15 is 0 Å². The van der Waals surface area contributed by atoms with Gasteiger partial charge in [0, 0.05) is 6.42 Å². The second-order valence-corrected chi connectivity index (χ2v) is 14.0. The van der Waals surface area contributed by atoms with Crippen LogP contribution < -0.4 is 11.5 Å². The molecule has 0 spiro atoms. The lowest BCUT2D eigenvalue weighted by molar-refractivity contribution is -0.207. The summed E-state index contributed by atoms with van der Waals surface area (Å²) in [5, 5.41) is 43.2. The zero-order valence-corrected chi connectivity index (χ0v) is 23.6. The molecule has 12 unspecified atom stereocenters. The molecule has 4 saturated carbocycles. The number of carboxylic acids is 1. The van der Waals surface area contributed by atoms with Crippen molar-refractivity contribution in [1.29, 1.82) is 0 Å². The lowest BCUT2D eigenvalue weighted by Gasteiger charge is -2.63. The predicted molar refractivity (Wildman–Crippen MR) is 145 cm³/mol. The van der Waals surface area contributed by atoms with Gasteiger partial charge in [0.15, 0.2) is 11.3 Å². The number of aliphatic carboxylic acids is 1. The van der Waals surface area contributed by atoms with E-state index in [1.54, 1.807) is 0 Å². The van der Waals surface area contributed by atoms with E-state index in [1.165, 1.54) is 0 Å². The smallest absolute Gasteiger partial charge is 0.331 e. The van der Waals surface area contributed by atoms with Crippen LogP contribution in [0.3, 0.4) is 0 Å². The summed E-state index contributed by atoms with van der Waals surface area (Å²) in [4.78, 5) is 24.9. The van der Waals surface area contributed by atoms with Gasteiger partial charge < -0.3 is 31.9 Å². The second-order valence-electron chi connectivity index (χ2n) is 14.0. The standard InChI is InChI=1S/C30H52N2O6/c1-17(6-9-24(35)30(32,27(37)38)11-4-5-13-31)20-7-8-21-26-22(16-25(36)29(20,21)3)28(2)12-10-19(33)14-18(28)15-23(26)34/h17-23,25-26,33-34,36H,4-16,31-32H2,1-3H3,(H,37,38). The molecule has 8 heteroatoms. The minimum atomic E-state index is -1.87. The van der Waals surface area contributed by atoms with Gasteiger partial charge in [-0.3, -0.25) is 4.79 Å². The van der Waals surface area contributed by atoms with Crippen LogP contribution in [0.1, 0.15) is 97.8 Å². The number of aliphatic hydroxyl groups excluding tert-OH is 3. The van der Waals surface area contributed by atoms with Gasteiger partial charge >= 0.3 is 5.97 Å². The molecule has 0 amide bonds. The quantitative estimate of drug-likeness (QED) is 0.183. The van der Waals surface area contributed by atoms with Crippen LogP contribution in [0.25, 0.3) is 0 Å². The average Bonchev–Trinajstić information content (AvgIpc) is 3.22. The van der Waals surface area contributed by atoms with Gasteiger partial charge in [-0.2, -0.15) is 0 Å². The van der Waals surface area contributed by atoms with E-state index in [0.29, 0.717) is 32.2 Å². The third-order valence-electron chi connectivity index (χ3n) is 12.3. The molecule has 0 aromatic carbocycles. The van der Waals surface area contributed by atoms with Crippen molar-refractivity contribution in [3.05, 3.63) is 0 Å². The number of hydrogen-bond donors (Lipinski definition) is 6. The van der Waals surface area contributed by atoms with Gasteiger partial charge in [0.25, 0.3) is 0 Å². The van der Waals surface area contributed by atoms with E-state index in [2.05, 4.69) is 20.8 Å². The van der Waals surface area contributed by atoms with E-state index in [1.807, 2.05) is 0 Å². The first kappa shape index (κ1) is 29.9. The maximum atomic E-state index is 13.0. The number of Topliss-reactive ketones (excluding diaryl/α,β-unsaturated/α-hetero) is 1. The van der Waals surface area contributed by atoms with E-state index in [4.69, 9.17) is 11.5 Å². The number of aliphatic hydroxyl groups is 3. The topological polar surface area (TPSA) is 167 Å². The molecular weight excluding hydrogens is 484 g/mol. The molecule has 0 aromatic rings. The Hall–Kier alpha value is -1.06. The lowest BCUT2D eigenvalue weighted by Crippen LogP contribution is -2.62. The summed E-state index contributed by atoms with van der Waals surface area (Å²) >= 11 is 0. The Morgan fingerprint density at radius 1 is 1.03 bits per heavy atom. The molecule has 0 aliphatic heterocycles. The molecule has 218 valence electrons. The summed E-state index contributed by atoms with van der Waals surface area (Å²) in [6.07, 6.45) is 6.44. The van der Waals surface area contributed by atoms with Gasteiger partial charge in [0.1, 0.15) is 0 Å². The van der Waals surface area contributed by atoms with E-state index in [-0.39, 0.29) is 65.3 Å². The van der Waals surface area contributed by atoms with Crippen LogP contribution in [0.2, 0.25) is 0 Å². The van der Waals surface area contributed by atoms with Crippen molar-refractivity contribution in [2.24, 2.45) is 57.8 Å². The highest BCUT2D eigenvalue weighted by Gasteiger charge is 2.65. The van der Waals surface area contributed by atoms with E-state index in [0.717, 1.165) is 38.5 Å². The number of carbonyl (C=O) groups is 2. The number of carboxylic acid groups (broad SMARTS) is 1. The Morgan fingerprint density at radius 3 is 2.39 bits per heavy atom. The fourth-order valence-corrected chi connectivity index (χ4v) is 9.83. The molecular formula is C30H52N2O6. The molecule has 0 bridgehead atoms. The summed E-state index contributed by atoms with van der Waals surface area (Å²) in [6, 6.07) is 0. The molecule has 8 nitrogen and oxygen atoms in total. The minimum absolute atomic E-state index is 0.0345. The zero-order valence-electron chi connectivity index (χ0n) is 23.6. The highest BCUT2D eigenvalue weighted by atomic mass is 16.4. The third-order valence-corrected chi connectivity index (χ3v) is 12.3. The maximum absolute atomic E-state index is 13.0. The highest BCUT2D eigenvalue weighted by molar-refractivity contribution is 6.07. The van der Waals surface area contributed by atoms with Crippen LogP contribution in [0.4, 0.5) is 0 Å². The number of ketones is 1. The number of rotatable bonds is 10. The van der Waals surface area contributed by atoms with Crippen molar-refractivity contribution in [2.75, 3.05) is 6.54 Å². The number of fused-ring (bicyclic) bond motifs is 5. The predicted octanol–water partition coefficient (Wildman–Crippen LogP) is 2.84. The van der Waals surface area contributed by atoms with E-state index < -0.39 is 29.5 Å². The molecule has 38 heavy (non-hydrogen) atoms. The number of hydrogen-bond acceptors (Lipinski definition) is 7. The number of carbonyl (C=O) groups excluding carboxylic acids is 1. The van der Waals surface area contributed by atoms with Crippen LogP contribution in [-0.2, 0) is 9.59 Å². The van der Waals surface area contributed by atoms with Gasteiger partial charge in [-0.15, -0.1) is 0 Å². The molecule has 4 aliphatic carbocycles. The highest BCUT2D eigenvalue weighted by Crippen LogP contribution is 2.68. The fraction of sp³-hybridized carbons (Fsp3) is 0.933. The molecule has 0 saturated heterocycles. The van der Waals surface area contributed by atoms with Crippen LogP contribution in [0, 0.1) is 46.3 Å². The van der Waals surface area contributed by atoms with Gasteiger partial charge in [0.05, 0.1) is 18.3 Å². The van der Waals surface area contributed by atoms with Crippen molar-refractivity contribution >= 4 is 11.8 Å². The van der Waals surface area contributed by atoms with Gasteiger partial charge in [-0.1, -0.05) is 20.8 Å². The minimum Gasteiger partial charge on any atom is -0.480 e. The van der Waals surface area contributed by atoms with Crippen molar-refractivity contribution < 1.29 is 30.0 Å². The molecule has 0 aromatic heterocycles. The first-order chi connectivity index (χ1) is 17.8. The number of nitrogens with two attached hydrogens (primary N) is 2. The summed E-state index contributed by atoms with van der Waals surface area (Å²) < 4.78 is 0. The molecule has 8 N–H and O–H groups in total. The van der Waals surface area contributed by atoms with Crippen LogP contribution in [-0.4, -0.2) is 62.6 Å². The summed E-state index contributed by atoms with van der Waals surface area (Å²) in [5.41, 5.74) is 9.45. The van der Waals surface area contributed by atoms with Crippen molar-refractivity contribution in [1.82, 2.24) is 0 Å². The Kier molecular flexibility index (Phi) is 8.72. The Morgan fingerprint density at radius 2 is 1.74 bits per heavy atom. The van der Waals surface area contributed by atoms with Crippen molar-refractivity contribution in [3.63, 3.8) is 0 Å². The maximum Gasteiger partial charge on any atom is 0.331 e. The van der Waals surface area contributed by atoms with E-state index in [9.17, 15) is 30.0 Å². The van der Waals surface area contributed by atoms with Crippen molar-refractivity contribution in [2.45, 2.75) is 122 Å². The second kappa shape index (κ2) is 11.1. The first-order valence-corrected chi connectivity index (χ1v) is 15.1. The molecule has 4 rings (SSSR count). The molecule has 0 heterocycles. The first-order valence-electron chi connectivity index (χ1n) is 15.1. The Bertz CT molecular complexity index is 885. The zero-order chi connectivity index (χ0) is 28.0. The normalized spacial score (nSPS) is 44.8. The van der Waals surface area contributed by atoms with Gasteiger partial charge in [-0.05, 0) is 124 Å². The molecule has 4 aliphatic rings. The van der Waals surface area contributed by atoms with Crippen LogP contribution in [0.15, 0.2) is 0 Å². The third kappa shape index (κ3) is 4.87. The average molecular weight is 537 g/mol. The SMILES string of the molecule is CC(CCC(=O)C(N)(CCCCN)C(=O)O)C1CCC2C3C(O)CC4CC(O)CCC4(C)C3CC(O)C12C. The molecule has 12 atom stereocenters. The fourth-order valence-electron chi connectivity index (χ4n) is 9.83. The van der Waals surface area contributed by atoms with Crippen molar-refractivity contribution in [3.8, 4) is 0 Å². The number of unbranched alkanes of at least 4 members (excludes halogenated alkanes) is 1. The largest absolute Gasteiger partial charge is 0.480 e. The Labute approximate surface area is 227 Å². The van der Waals surface area contributed by atoms with Gasteiger partial charge in [-0.25, -0.2) is 4.79 Å². The summed E-state index contributed by atoms with van der Waals surface area (Å²) in [7, 11) is 0. The van der Waals surface area contributed by atoms with Crippen LogP contribution >= 0.6 is 0 Å².